The van der Waals surface area contributed by atoms with Crippen LogP contribution in [0.15, 0.2) is 18.2 Å². The molecular formula is C16H26O5. The summed E-state index contributed by atoms with van der Waals surface area (Å²) in [5.41, 5.74) is 2.83. The maximum atomic E-state index is 10.1. The average Bonchev–Trinajstić information content (AvgIpc) is 2.44. The predicted molar refractivity (Wildman–Crippen MR) is 81.1 cm³/mol. The third-order valence-corrected chi connectivity index (χ3v) is 2.97. The van der Waals surface area contributed by atoms with Crippen LogP contribution in [0, 0.1) is 13.8 Å². The van der Waals surface area contributed by atoms with Crippen molar-refractivity contribution < 1.29 is 24.5 Å². The molecule has 2 atom stereocenters. The standard InChI is InChI=1S/C12H16O4.C4H10O/c1-8-3-4-10(9(2)5-8)11(6-13)12(15)16-7-14;1-3-5-4-2/h3-5,7,11-13,15H,6H2,1-2H3;3-4H2,1-2H3. The van der Waals surface area contributed by atoms with Gasteiger partial charge in [0.05, 0.1) is 12.5 Å². The quantitative estimate of drug-likeness (QED) is 0.594. The van der Waals surface area contributed by atoms with Crippen LogP contribution >= 0.6 is 0 Å². The Morgan fingerprint density at radius 2 is 1.86 bits per heavy atom. The fourth-order valence-electron chi connectivity index (χ4n) is 1.94. The first-order chi connectivity index (χ1) is 10.0. The van der Waals surface area contributed by atoms with Gasteiger partial charge in [0, 0.05) is 13.2 Å². The van der Waals surface area contributed by atoms with Crippen LogP contribution < -0.4 is 0 Å². The fourth-order valence-corrected chi connectivity index (χ4v) is 1.94. The van der Waals surface area contributed by atoms with E-state index in [1.54, 1.807) is 0 Å². The first-order valence-corrected chi connectivity index (χ1v) is 7.04. The molecule has 2 N–H and O–H groups in total. The maximum Gasteiger partial charge on any atom is 0.295 e. The van der Waals surface area contributed by atoms with Gasteiger partial charge in [-0.1, -0.05) is 23.8 Å². The topological polar surface area (TPSA) is 76.0 Å². The molecule has 5 nitrogen and oxygen atoms in total. The van der Waals surface area contributed by atoms with Crippen LogP contribution in [-0.2, 0) is 14.3 Å². The van der Waals surface area contributed by atoms with Gasteiger partial charge in [-0.25, -0.2) is 0 Å². The fraction of sp³-hybridized carbons (Fsp3) is 0.562. The molecule has 0 aliphatic rings. The first kappa shape index (κ1) is 19.6. The Balaban J connectivity index is 0.000000690. The van der Waals surface area contributed by atoms with Gasteiger partial charge in [0.2, 0.25) is 6.29 Å². The molecule has 0 aliphatic carbocycles. The average molecular weight is 298 g/mol. The molecule has 0 fully saturated rings. The van der Waals surface area contributed by atoms with Gasteiger partial charge in [-0.05, 0) is 38.8 Å². The third kappa shape index (κ3) is 7.22. The van der Waals surface area contributed by atoms with Crippen molar-refractivity contribution in [1.82, 2.24) is 0 Å². The van der Waals surface area contributed by atoms with Gasteiger partial charge in [-0.15, -0.1) is 0 Å². The van der Waals surface area contributed by atoms with Gasteiger partial charge in [-0.3, -0.25) is 4.79 Å². The second-order valence-corrected chi connectivity index (χ2v) is 4.55. The highest BCUT2D eigenvalue weighted by atomic mass is 16.6. The Bertz CT molecular complexity index is 404. The molecule has 1 rings (SSSR count). The molecule has 0 spiro atoms. The summed E-state index contributed by atoms with van der Waals surface area (Å²) in [4.78, 5) is 10.1. The van der Waals surface area contributed by atoms with Crippen molar-refractivity contribution in [3.8, 4) is 0 Å². The highest BCUT2D eigenvalue weighted by molar-refractivity contribution is 5.38. The number of carbonyl (C=O) groups excluding carboxylic acids is 1. The largest absolute Gasteiger partial charge is 0.437 e. The molecule has 0 saturated carbocycles. The van der Waals surface area contributed by atoms with E-state index >= 15 is 0 Å². The van der Waals surface area contributed by atoms with Crippen molar-refractivity contribution >= 4 is 6.47 Å². The molecular weight excluding hydrogens is 272 g/mol. The smallest absolute Gasteiger partial charge is 0.295 e. The van der Waals surface area contributed by atoms with Crippen LogP contribution in [0.25, 0.3) is 0 Å². The zero-order valence-corrected chi connectivity index (χ0v) is 13.2. The predicted octanol–water partition coefficient (Wildman–Crippen LogP) is 1.91. The Hall–Kier alpha value is -1.43. The number of hydrogen-bond donors (Lipinski definition) is 2. The second kappa shape index (κ2) is 11.3. The molecule has 1 aromatic rings. The molecule has 120 valence electrons. The molecule has 5 heteroatoms. The molecule has 0 aliphatic heterocycles. The number of ether oxygens (including phenoxy) is 2. The number of aryl methyl sites for hydroxylation is 2. The monoisotopic (exact) mass is 298 g/mol. The minimum atomic E-state index is -1.32. The molecule has 0 aromatic heterocycles. The summed E-state index contributed by atoms with van der Waals surface area (Å²) >= 11 is 0. The summed E-state index contributed by atoms with van der Waals surface area (Å²) in [7, 11) is 0. The van der Waals surface area contributed by atoms with Gasteiger partial charge in [0.1, 0.15) is 0 Å². The SMILES string of the molecule is CCOCC.Cc1ccc(C(CO)C(O)OC=O)c(C)c1. The molecule has 0 bridgehead atoms. The third-order valence-electron chi connectivity index (χ3n) is 2.97. The highest BCUT2D eigenvalue weighted by Gasteiger charge is 2.23. The highest BCUT2D eigenvalue weighted by Crippen LogP contribution is 2.24. The number of carbonyl (C=O) groups is 1. The Labute approximate surface area is 126 Å². The van der Waals surface area contributed by atoms with Crippen LogP contribution in [-0.4, -0.2) is 42.8 Å². The summed E-state index contributed by atoms with van der Waals surface area (Å²) in [5.74, 6) is -0.606. The minimum Gasteiger partial charge on any atom is -0.437 e. The lowest BCUT2D eigenvalue weighted by Crippen LogP contribution is -2.25. The van der Waals surface area contributed by atoms with E-state index in [1.165, 1.54) is 0 Å². The van der Waals surface area contributed by atoms with Gasteiger partial charge in [-0.2, -0.15) is 0 Å². The van der Waals surface area contributed by atoms with E-state index in [-0.39, 0.29) is 13.1 Å². The van der Waals surface area contributed by atoms with E-state index in [0.29, 0.717) is 0 Å². The Kier molecular flexibility index (Phi) is 10.5. The molecule has 1 aromatic carbocycles. The lowest BCUT2D eigenvalue weighted by Gasteiger charge is -2.21. The van der Waals surface area contributed by atoms with Crippen LogP contribution in [0.4, 0.5) is 0 Å². The summed E-state index contributed by atoms with van der Waals surface area (Å²) in [6, 6.07) is 5.66. The van der Waals surface area contributed by atoms with Crippen molar-refractivity contribution in [2.75, 3.05) is 19.8 Å². The van der Waals surface area contributed by atoms with Gasteiger partial charge >= 0.3 is 0 Å². The Morgan fingerprint density at radius 1 is 1.24 bits per heavy atom. The first-order valence-electron chi connectivity index (χ1n) is 7.04. The van der Waals surface area contributed by atoms with Crippen molar-refractivity contribution in [2.45, 2.75) is 39.9 Å². The molecule has 0 radical (unpaired) electrons. The second-order valence-electron chi connectivity index (χ2n) is 4.55. The zero-order valence-electron chi connectivity index (χ0n) is 13.2. The van der Waals surface area contributed by atoms with Crippen LogP contribution in [0.5, 0.6) is 0 Å². The van der Waals surface area contributed by atoms with Crippen molar-refractivity contribution in [3.05, 3.63) is 34.9 Å². The normalized spacial score (nSPS) is 12.9. The lowest BCUT2D eigenvalue weighted by molar-refractivity contribution is -0.157. The molecule has 0 heterocycles. The van der Waals surface area contributed by atoms with Crippen molar-refractivity contribution in [3.63, 3.8) is 0 Å². The summed E-state index contributed by atoms with van der Waals surface area (Å²) < 4.78 is 9.28. The van der Waals surface area contributed by atoms with E-state index in [2.05, 4.69) is 4.74 Å². The Morgan fingerprint density at radius 3 is 2.24 bits per heavy atom. The van der Waals surface area contributed by atoms with Crippen LogP contribution in [0.1, 0.15) is 36.5 Å². The van der Waals surface area contributed by atoms with E-state index < -0.39 is 12.2 Å². The van der Waals surface area contributed by atoms with Crippen LogP contribution in [0.2, 0.25) is 0 Å². The van der Waals surface area contributed by atoms with E-state index in [0.717, 1.165) is 29.9 Å². The summed E-state index contributed by atoms with van der Waals surface area (Å²) in [5, 5.41) is 18.8. The van der Waals surface area contributed by atoms with Crippen molar-refractivity contribution in [1.29, 1.82) is 0 Å². The van der Waals surface area contributed by atoms with Gasteiger partial charge in [0.15, 0.2) is 0 Å². The number of aliphatic hydroxyl groups excluding tert-OH is 2. The zero-order chi connectivity index (χ0) is 16.3. The number of rotatable bonds is 7. The lowest BCUT2D eigenvalue weighted by atomic mass is 9.93. The maximum absolute atomic E-state index is 10.1. The number of aliphatic hydroxyl groups is 2. The van der Waals surface area contributed by atoms with Gasteiger partial charge in [0.25, 0.3) is 6.47 Å². The number of hydrogen-bond acceptors (Lipinski definition) is 5. The van der Waals surface area contributed by atoms with E-state index in [1.807, 2.05) is 45.9 Å². The summed E-state index contributed by atoms with van der Waals surface area (Å²) in [6.07, 6.45) is -1.32. The van der Waals surface area contributed by atoms with Crippen LogP contribution in [0.3, 0.4) is 0 Å². The molecule has 21 heavy (non-hydrogen) atoms. The van der Waals surface area contributed by atoms with Gasteiger partial charge < -0.3 is 19.7 Å². The molecule has 0 amide bonds. The number of benzene rings is 1. The van der Waals surface area contributed by atoms with E-state index in [9.17, 15) is 15.0 Å². The molecule has 0 saturated heterocycles. The van der Waals surface area contributed by atoms with E-state index in [4.69, 9.17) is 4.74 Å². The minimum absolute atomic E-state index is 0.177. The molecule has 2 unspecified atom stereocenters. The summed E-state index contributed by atoms with van der Waals surface area (Å²) in [6.45, 7) is 9.41. The van der Waals surface area contributed by atoms with Crippen molar-refractivity contribution in [2.24, 2.45) is 0 Å².